The Labute approximate surface area is 193 Å². The maximum atomic E-state index is 13.0. The molecule has 1 aromatic heterocycles. The molecule has 2 aromatic carbocycles. The molecule has 3 rings (SSSR count). The molecule has 0 aliphatic carbocycles. The van der Waals surface area contributed by atoms with E-state index in [0.717, 1.165) is 23.0 Å². The van der Waals surface area contributed by atoms with E-state index >= 15 is 0 Å². The summed E-state index contributed by atoms with van der Waals surface area (Å²) in [5.41, 5.74) is 1.57. The van der Waals surface area contributed by atoms with Crippen molar-refractivity contribution >= 4 is 29.9 Å². The lowest BCUT2D eigenvalue weighted by Gasteiger charge is -2.22. The van der Waals surface area contributed by atoms with Gasteiger partial charge in [-0.2, -0.15) is 0 Å². The van der Waals surface area contributed by atoms with Gasteiger partial charge in [-0.3, -0.25) is 4.99 Å². The molecule has 1 N–H and O–H groups in total. The van der Waals surface area contributed by atoms with Gasteiger partial charge in [-0.25, -0.2) is 9.37 Å². The van der Waals surface area contributed by atoms with E-state index in [1.807, 2.05) is 42.3 Å². The first kappa shape index (κ1) is 23.7. The van der Waals surface area contributed by atoms with Gasteiger partial charge in [0.05, 0.1) is 12.2 Å². The van der Waals surface area contributed by atoms with E-state index in [1.54, 1.807) is 25.4 Å². The highest BCUT2D eigenvalue weighted by Crippen LogP contribution is 2.19. The number of halogens is 2. The molecule has 0 fully saturated rings. The average molecular weight is 524 g/mol. The van der Waals surface area contributed by atoms with E-state index in [-0.39, 0.29) is 29.8 Å². The molecule has 0 saturated heterocycles. The number of guanidine groups is 1. The van der Waals surface area contributed by atoms with Crippen molar-refractivity contribution in [3.63, 3.8) is 0 Å². The lowest BCUT2D eigenvalue weighted by atomic mass is 10.2. The number of aromatic nitrogens is 1. The van der Waals surface area contributed by atoms with Crippen LogP contribution < -0.4 is 10.1 Å². The van der Waals surface area contributed by atoms with E-state index in [1.165, 1.54) is 12.1 Å². The summed E-state index contributed by atoms with van der Waals surface area (Å²) < 4.78 is 24.3. The highest BCUT2D eigenvalue weighted by Gasteiger charge is 2.09. The monoisotopic (exact) mass is 524 g/mol. The maximum Gasteiger partial charge on any atom is 0.226 e. The number of nitrogens with one attached hydrogen (secondary N) is 1. The van der Waals surface area contributed by atoms with Gasteiger partial charge in [-0.1, -0.05) is 18.2 Å². The summed E-state index contributed by atoms with van der Waals surface area (Å²) in [5.74, 6) is 1.84. The van der Waals surface area contributed by atoms with Gasteiger partial charge in [0.2, 0.25) is 5.89 Å². The fraction of sp³-hybridized carbons (Fsp3) is 0.273. The van der Waals surface area contributed by atoms with Gasteiger partial charge in [0, 0.05) is 32.6 Å². The van der Waals surface area contributed by atoms with E-state index in [0.29, 0.717) is 32.0 Å². The second-order valence-corrected chi connectivity index (χ2v) is 6.46. The standard InChI is InChI=1S/C22H25FN4O2.HI/c1-24-22(27(2)14-15-28-20-6-4-3-5-7-20)25-13-12-19-16-29-21(26-19)17-8-10-18(23)11-9-17;/h3-11,16H,12-15H2,1-2H3,(H,24,25);1H. The van der Waals surface area contributed by atoms with Crippen LogP contribution in [0, 0.1) is 5.82 Å². The van der Waals surface area contributed by atoms with E-state index in [9.17, 15) is 4.39 Å². The van der Waals surface area contributed by atoms with Crippen LogP contribution in [0.2, 0.25) is 0 Å². The first-order valence-corrected chi connectivity index (χ1v) is 9.45. The molecule has 3 aromatic rings. The Kier molecular flexibility index (Phi) is 9.59. The molecule has 0 spiro atoms. The number of hydrogen-bond donors (Lipinski definition) is 1. The molecule has 1 heterocycles. The van der Waals surface area contributed by atoms with Crippen LogP contribution in [0.25, 0.3) is 11.5 Å². The predicted octanol–water partition coefficient (Wildman–Crippen LogP) is 4.23. The van der Waals surface area contributed by atoms with Crippen LogP contribution in [0.5, 0.6) is 5.75 Å². The number of aliphatic imine (C=N–C) groups is 1. The van der Waals surface area contributed by atoms with Gasteiger partial charge >= 0.3 is 0 Å². The molecule has 0 saturated carbocycles. The van der Waals surface area contributed by atoms with Crippen molar-refractivity contribution in [1.82, 2.24) is 15.2 Å². The van der Waals surface area contributed by atoms with E-state index in [4.69, 9.17) is 9.15 Å². The van der Waals surface area contributed by atoms with Gasteiger partial charge in [-0.05, 0) is 36.4 Å². The number of likely N-dealkylation sites (N-methyl/N-ethyl adjacent to an activating group) is 1. The Morgan fingerprint density at radius 2 is 1.90 bits per heavy atom. The topological polar surface area (TPSA) is 62.9 Å². The second-order valence-electron chi connectivity index (χ2n) is 6.46. The molecule has 0 bridgehead atoms. The molecule has 8 heteroatoms. The molecule has 0 atom stereocenters. The van der Waals surface area contributed by atoms with Gasteiger partial charge in [0.15, 0.2) is 5.96 Å². The normalized spacial score (nSPS) is 11.0. The van der Waals surface area contributed by atoms with Crippen LogP contribution >= 0.6 is 24.0 Å². The molecule has 0 aliphatic heterocycles. The zero-order chi connectivity index (χ0) is 20.5. The Hall–Kier alpha value is -2.62. The first-order chi connectivity index (χ1) is 14.2. The number of oxazole rings is 1. The average Bonchev–Trinajstić information content (AvgIpc) is 3.21. The highest BCUT2D eigenvalue weighted by molar-refractivity contribution is 14.0. The summed E-state index contributed by atoms with van der Waals surface area (Å²) in [4.78, 5) is 10.8. The van der Waals surface area contributed by atoms with E-state index in [2.05, 4.69) is 15.3 Å². The minimum atomic E-state index is -0.283. The third kappa shape index (κ3) is 7.01. The first-order valence-electron chi connectivity index (χ1n) is 9.45. The zero-order valence-electron chi connectivity index (χ0n) is 17.0. The summed E-state index contributed by atoms with van der Waals surface area (Å²) in [7, 11) is 3.71. The third-order valence-electron chi connectivity index (χ3n) is 4.32. The van der Waals surface area contributed by atoms with Crippen molar-refractivity contribution in [1.29, 1.82) is 0 Å². The summed E-state index contributed by atoms with van der Waals surface area (Å²) in [6.45, 7) is 1.92. The molecule has 0 unspecified atom stereocenters. The molecule has 0 radical (unpaired) electrons. The molecule has 6 nitrogen and oxygen atoms in total. The second kappa shape index (κ2) is 12.2. The van der Waals surface area contributed by atoms with Crippen molar-refractivity contribution < 1.29 is 13.5 Å². The van der Waals surface area contributed by atoms with Gasteiger partial charge in [0.25, 0.3) is 0 Å². The third-order valence-corrected chi connectivity index (χ3v) is 4.32. The fourth-order valence-corrected chi connectivity index (χ4v) is 2.76. The van der Waals surface area contributed by atoms with Crippen molar-refractivity contribution in [3.8, 4) is 17.2 Å². The zero-order valence-corrected chi connectivity index (χ0v) is 19.4. The highest BCUT2D eigenvalue weighted by atomic mass is 127. The summed E-state index contributed by atoms with van der Waals surface area (Å²) in [5, 5.41) is 3.31. The fourth-order valence-electron chi connectivity index (χ4n) is 2.76. The van der Waals surface area contributed by atoms with Crippen molar-refractivity contribution in [2.45, 2.75) is 6.42 Å². The number of benzene rings is 2. The number of ether oxygens (including phenoxy) is 1. The van der Waals surface area contributed by atoms with Crippen molar-refractivity contribution in [2.75, 3.05) is 33.8 Å². The number of rotatable bonds is 8. The van der Waals surface area contributed by atoms with Crippen molar-refractivity contribution in [2.24, 2.45) is 4.99 Å². The number of hydrogen-bond acceptors (Lipinski definition) is 4. The molecular weight excluding hydrogens is 498 g/mol. The lowest BCUT2D eigenvalue weighted by molar-refractivity contribution is 0.281. The Balaban J connectivity index is 0.00000320. The summed E-state index contributed by atoms with van der Waals surface area (Å²) in [6.07, 6.45) is 2.30. The SMILES string of the molecule is CN=C(NCCc1coc(-c2ccc(F)cc2)n1)N(C)CCOc1ccccc1.I. The number of para-hydroxylation sites is 1. The minimum Gasteiger partial charge on any atom is -0.492 e. The van der Waals surface area contributed by atoms with Gasteiger partial charge in [-0.15, -0.1) is 24.0 Å². The van der Waals surface area contributed by atoms with Gasteiger partial charge in [0.1, 0.15) is 24.4 Å². The predicted molar refractivity (Wildman–Crippen MR) is 127 cm³/mol. The van der Waals surface area contributed by atoms with E-state index < -0.39 is 0 Å². The minimum absolute atomic E-state index is 0. The molecule has 0 amide bonds. The summed E-state index contributed by atoms with van der Waals surface area (Å²) >= 11 is 0. The van der Waals surface area contributed by atoms with Crippen molar-refractivity contribution in [3.05, 3.63) is 72.4 Å². The Morgan fingerprint density at radius 1 is 1.17 bits per heavy atom. The smallest absolute Gasteiger partial charge is 0.226 e. The number of nitrogens with zero attached hydrogens (tertiary/aromatic N) is 3. The maximum absolute atomic E-state index is 13.0. The van der Waals surface area contributed by atoms with Crippen LogP contribution in [-0.4, -0.2) is 49.6 Å². The molecule has 30 heavy (non-hydrogen) atoms. The molecule has 0 aliphatic rings. The van der Waals surface area contributed by atoms with Crippen LogP contribution in [0.15, 0.2) is 70.3 Å². The molecule has 160 valence electrons. The lowest BCUT2D eigenvalue weighted by Crippen LogP contribution is -2.41. The Morgan fingerprint density at radius 3 is 2.60 bits per heavy atom. The largest absolute Gasteiger partial charge is 0.492 e. The molecular formula is C22H26FIN4O2. The van der Waals surface area contributed by atoms with Crippen LogP contribution in [-0.2, 0) is 6.42 Å². The van der Waals surface area contributed by atoms with Crippen LogP contribution in [0.4, 0.5) is 4.39 Å². The quantitative estimate of drug-likeness (QED) is 0.272. The van der Waals surface area contributed by atoms with Gasteiger partial charge < -0.3 is 19.4 Å². The Bertz CT molecular complexity index is 916. The summed E-state index contributed by atoms with van der Waals surface area (Å²) in [6, 6.07) is 15.8. The van der Waals surface area contributed by atoms with Crippen LogP contribution in [0.3, 0.4) is 0 Å². The van der Waals surface area contributed by atoms with Crippen LogP contribution in [0.1, 0.15) is 5.69 Å².